The van der Waals surface area contributed by atoms with E-state index in [1.807, 2.05) is 29.9 Å². The van der Waals surface area contributed by atoms with E-state index >= 15 is 0 Å². The number of hydrogen-bond donors (Lipinski definition) is 2. The van der Waals surface area contributed by atoms with E-state index in [1.165, 1.54) is 17.8 Å². The molecule has 1 aromatic carbocycles. The first-order valence-electron chi connectivity index (χ1n) is 11.5. The third-order valence-corrected chi connectivity index (χ3v) is 7.24. The van der Waals surface area contributed by atoms with E-state index in [0.717, 1.165) is 41.9 Å². The number of fused-ring (bicyclic) bond motifs is 1. The largest absolute Gasteiger partial charge is 0.383 e. The quantitative estimate of drug-likeness (QED) is 0.508. The third kappa shape index (κ3) is 5.42. The van der Waals surface area contributed by atoms with E-state index in [4.69, 9.17) is 4.74 Å². The zero-order valence-electron chi connectivity index (χ0n) is 19.4. The molecule has 2 aromatic heterocycles. The van der Waals surface area contributed by atoms with Crippen LogP contribution in [0.4, 0.5) is 5.69 Å². The van der Waals surface area contributed by atoms with Crippen LogP contribution in [0.15, 0.2) is 23.8 Å². The molecule has 1 saturated carbocycles. The lowest BCUT2D eigenvalue weighted by atomic mass is 9.88. The number of thiazole rings is 1. The number of carbonyl (C=O) groups is 2. The van der Waals surface area contributed by atoms with Gasteiger partial charge in [-0.05, 0) is 38.8 Å². The second-order valence-corrected chi connectivity index (χ2v) is 9.56. The summed E-state index contributed by atoms with van der Waals surface area (Å²) in [6.07, 6.45) is 6.90. The van der Waals surface area contributed by atoms with Gasteiger partial charge in [-0.2, -0.15) is 0 Å². The molecular formula is C24H31N5O3S. The van der Waals surface area contributed by atoms with E-state index in [9.17, 15) is 9.59 Å². The minimum Gasteiger partial charge on any atom is -0.383 e. The fraction of sp³-hybridized carbons (Fsp3) is 0.500. The van der Waals surface area contributed by atoms with Crippen LogP contribution < -0.4 is 10.6 Å². The normalized spacial score (nSPS) is 15.5. The molecule has 176 valence electrons. The Morgan fingerprint density at radius 1 is 1.27 bits per heavy atom. The monoisotopic (exact) mass is 469 g/mol. The minimum atomic E-state index is -0.234. The van der Waals surface area contributed by atoms with Gasteiger partial charge in [-0.25, -0.2) is 9.97 Å². The second-order valence-electron chi connectivity index (χ2n) is 8.67. The first-order chi connectivity index (χ1) is 16.0. The second kappa shape index (κ2) is 10.4. The van der Waals surface area contributed by atoms with Crippen molar-refractivity contribution in [3.05, 3.63) is 40.1 Å². The summed E-state index contributed by atoms with van der Waals surface area (Å²) in [6, 6.07) is 3.36. The highest BCUT2D eigenvalue weighted by Crippen LogP contribution is 2.28. The van der Waals surface area contributed by atoms with Crippen LogP contribution in [0.3, 0.4) is 0 Å². The van der Waals surface area contributed by atoms with Gasteiger partial charge in [0.2, 0.25) is 5.91 Å². The smallest absolute Gasteiger partial charge is 0.254 e. The SMILES string of the molecule is COCCn1cnc2cc(NC(=O)C3CCCCC3)cc(C(=O)N[C@H](C)c3nc(C)cs3)c21. The number of rotatable bonds is 8. The molecule has 0 bridgehead atoms. The molecule has 1 aliphatic rings. The lowest BCUT2D eigenvalue weighted by Gasteiger charge is -2.21. The molecule has 0 unspecified atom stereocenters. The zero-order chi connectivity index (χ0) is 23.4. The minimum absolute atomic E-state index is 0.0193. The van der Waals surface area contributed by atoms with Gasteiger partial charge in [0, 0.05) is 36.3 Å². The lowest BCUT2D eigenvalue weighted by Crippen LogP contribution is -2.28. The number of carbonyl (C=O) groups excluding carboxylic acids is 2. The van der Waals surface area contributed by atoms with Crippen LogP contribution >= 0.6 is 11.3 Å². The van der Waals surface area contributed by atoms with Crippen LogP contribution in [0, 0.1) is 12.8 Å². The number of nitrogens with one attached hydrogen (secondary N) is 2. The molecule has 0 radical (unpaired) electrons. The Morgan fingerprint density at radius 3 is 2.76 bits per heavy atom. The maximum absolute atomic E-state index is 13.4. The number of nitrogens with zero attached hydrogens (tertiary/aromatic N) is 3. The molecule has 0 spiro atoms. The Balaban J connectivity index is 1.64. The van der Waals surface area contributed by atoms with Gasteiger partial charge < -0.3 is 19.9 Å². The first-order valence-corrected chi connectivity index (χ1v) is 12.4. The average Bonchev–Trinajstić information content (AvgIpc) is 3.43. The molecule has 1 atom stereocenters. The van der Waals surface area contributed by atoms with Gasteiger partial charge in [-0.15, -0.1) is 11.3 Å². The number of anilines is 1. The molecule has 2 heterocycles. The maximum Gasteiger partial charge on any atom is 0.254 e. The van der Waals surface area contributed by atoms with Crippen LogP contribution in [0.5, 0.6) is 0 Å². The molecule has 4 rings (SSSR count). The molecule has 0 saturated heterocycles. The summed E-state index contributed by atoms with van der Waals surface area (Å²) < 4.78 is 7.13. The number of benzene rings is 1. The van der Waals surface area contributed by atoms with E-state index in [1.54, 1.807) is 19.5 Å². The number of imidazole rings is 1. The fourth-order valence-electron chi connectivity index (χ4n) is 4.33. The van der Waals surface area contributed by atoms with E-state index in [0.29, 0.717) is 29.9 Å². The van der Waals surface area contributed by atoms with Gasteiger partial charge in [0.1, 0.15) is 5.01 Å². The van der Waals surface area contributed by atoms with Gasteiger partial charge in [0.05, 0.1) is 35.6 Å². The molecule has 33 heavy (non-hydrogen) atoms. The van der Waals surface area contributed by atoms with Crippen molar-refractivity contribution in [2.75, 3.05) is 19.0 Å². The highest BCUT2D eigenvalue weighted by atomic mass is 32.1. The topological polar surface area (TPSA) is 98.1 Å². The number of amides is 2. The van der Waals surface area contributed by atoms with Gasteiger partial charge in [0.25, 0.3) is 5.91 Å². The van der Waals surface area contributed by atoms with Crippen LogP contribution in [0.25, 0.3) is 11.0 Å². The summed E-state index contributed by atoms with van der Waals surface area (Å²) in [7, 11) is 1.64. The molecular weight excluding hydrogens is 438 g/mol. The van der Waals surface area contributed by atoms with Crippen LogP contribution in [-0.4, -0.2) is 40.1 Å². The van der Waals surface area contributed by atoms with Gasteiger partial charge >= 0.3 is 0 Å². The van der Waals surface area contributed by atoms with Crippen molar-refractivity contribution in [3.63, 3.8) is 0 Å². The average molecular weight is 470 g/mol. The van der Waals surface area contributed by atoms with Crippen molar-refractivity contribution in [3.8, 4) is 0 Å². The molecule has 2 amide bonds. The van der Waals surface area contributed by atoms with Crippen LogP contribution in [-0.2, 0) is 16.1 Å². The van der Waals surface area contributed by atoms with Crippen molar-refractivity contribution in [2.45, 2.75) is 58.5 Å². The number of hydrogen-bond acceptors (Lipinski definition) is 6. The molecule has 3 aromatic rings. The molecule has 2 N–H and O–H groups in total. The van der Waals surface area contributed by atoms with Crippen molar-refractivity contribution in [1.29, 1.82) is 0 Å². The van der Waals surface area contributed by atoms with Crippen molar-refractivity contribution < 1.29 is 14.3 Å². The zero-order valence-corrected chi connectivity index (χ0v) is 20.2. The first kappa shape index (κ1) is 23.4. The summed E-state index contributed by atoms with van der Waals surface area (Å²) >= 11 is 1.52. The van der Waals surface area contributed by atoms with Gasteiger partial charge in [0.15, 0.2) is 0 Å². The Morgan fingerprint density at radius 2 is 2.06 bits per heavy atom. The Kier molecular flexibility index (Phi) is 7.39. The van der Waals surface area contributed by atoms with Crippen LogP contribution in [0.2, 0.25) is 0 Å². The molecule has 0 aliphatic heterocycles. The molecule has 1 aliphatic carbocycles. The summed E-state index contributed by atoms with van der Waals surface area (Å²) in [6.45, 7) is 4.93. The Hall–Kier alpha value is -2.78. The lowest BCUT2D eigenvalue weighted by molar-refractivity contribution is -0.120. The highest BCUT2D eigenvalue weighted by molar-refractivity contribution is 7.09. The number of ether oxygens (including phenoxy) is 1. The molecule has 9 heteroatoms. The standard InChI is InChI=1S/C24H31N5O3S/c1-15-13-33-24(26-15)16(2)27-23(31)19-11-18(28-22(30)17-7-5-4-6-8-17)12-20-21(19)29(14-25-20)9-10-32-3/h11-14,16-17H,4-10H2,1-3H3,(H,27,31)(H,28,30)/t16-/m1/s1. The van der Waals surface area contributed by atoms with E-state index < -0.39 is 0 Å². The van der Waals surface area contributed by atoms with Crippen molar-refractivity contribution in [1.82, 2.24) is 19.9 Å². The predicted molar refractivity (Wildman–Crippen MR) is 130 cm³/mol. The van der Waals surface area contributed by atoms with Crippen molar-refractivity contribution >= 4 is 39.9 Å². The summed E-state index contributed by atoms with van der Waals surface area (Å²) in [5.74, 6) is -0.182. The van der Waals surface area contributed by atoms with E-state index in [-0.39, 0.29) is 23.8 Å². The number of methoxy groups -OCH3 is 1. The fourth-order valence-corrected chi connectivity index (χ4v) is 5.13. The number of aromatic nitrogens is 3. The van der Waals surface area contributed by atoms with Gasteiger partial charge in [-0.1, -0.05) is 19.3 Å². The summed E-state index contributed by atoms with van der Waals surface area (Å²) in [5.41, 5.74) is 3.39. The van der Waals surface area contributed by atoms with Gasteiger partial charge in [-0.3, -0.25) is 9.59 Å². The van der Waals surface area contributed by atoms with Crippen LogP contribution in [0.1, 0.15) is 66.1 Å². The Labute approximate surface area is 197 Å². The third-order valence-electron chi connectivity index (χ3n) is 6.09. The Bertz CT molecular complexity index is 1130. The molecule has 8 nitrogen and oxygen atoms in total. The predicted octanol–water partition coefficient (Wildman–Crippen LogP) is 4.46. The van der Waals surface area contributed by atoms with Crippen molar-refractivity contribution in [2.24, 2.45) is 5.92 Å². The summed E-state index contributed by atoms with van der Waals surface area (Å²) in [4.78, 5) is 35.2. The molecule has 1 fully saturated rings. The maximum atomic E-state index is 13.4. The highest BCUT2D eigenvalue weighted by Gasteiger charge is 2.23. The number of aryl methyl sites for hydroxylation is 1. The van der Waals surface area contributed by atoms with E-state index in [2.05, 4.69) is 20.6 Å². The summed E-state index contributed by atoms with van der Waals surface area (Å²) in [5, 5.41) is 8.92.